The largest absolute Gasteiger partial charge is 0.383 e. The van der Waals surface area contributed by atoms with E-state index in [0.717, 1.165) is 10.2 Å². The minimum Gasteiger partial charge on any atom is -0.383 e. The summed E-state index contributed by atoms with van der Waals surface area (Å²) in [6.45, 7) is 0.611. The van der Waals surface area contributed by atoms with Gasteiger partial charge in [-0.15, -0.1) is 0 Å². The Morgan fingerprint density at radius 3 is 2.89 bits per heavy atom. The molecule has 6 heteroatoms. The standard InChI is InChI=1S/C12H15BrN2O3/c1-18-7-12(8-2-3-8)14-11-6-9(15(16)17)4-5-10(11)13/h4-6,8,12,14H,2-3,7H2,1H3. The number of rotatable bonds is 6. The van der Waals surface area contributed by atoms with Crippen molar-refractivity contribution in [3.05, 3.63) is 32.8 Å². The van der Waals surface area contributed by atoms with E-state index in [2.05, 4.69) is 21.2 Å². The van der Waals surface area contributed by atoms with Crippen molar-refractivity contribution in [1.82, 2.24) is 0 Å². The minimum absolute atomic E-state index is 0.0904. The number of nitrogens with one attached hydrogen (secondary N) is 1. The Balaban J connectivity index is 2.15. The fourth-order valence-corrected chi connectivity index (χ4v) is 2.27. The average Bonchev–Trinajstić information content (AvgIpc) is 3.14. The molecular weight excluding hydrogens is 300 g/mol. The zero-order chi connectivity index (χ0) is 13.1. The minimum atomic E-state index is -0.389. The highest BCUT2D eigenvalue weighted by Crippen LogP contribution is 2.36. The predicted octanol–water partition coefficient (Wildman–Crippen LogP) is 3.19. The lowest BCUT2D eigenvalue weighted by atomic mass is 10.2. The van der Waals surface area contributed by atoms with Crippen molar-refractivity contribution in [2.24, 2.45) is 5.92 Å². The summed E-state index contributed by atoms with van der Waals surface area (Å²) in [5, 5.41) is 14.1. The highest BCUT2D eigenvalue weighted by Gasteiger charge is 2.31. The predicted molar refractivity (Wildman–Crippen MR) is 72.8 cm³/mol. The number of hydrogen-bond donors (Lipinski definition) is 1. The summed E-state index contributed by atoms with van der Waals surface area (Å²) in [7, 11) is 1.67. The van der Waals surface area contributed by atoms with Crippen molar-refractivity contribution in [2.45, 2.75) is 18.9 Å². The topological polar surface area (TPSA) is 64.4 Å². The molecule has 1 aromatic rings. The number of anilines is 1. The summed E-state index contributed by atoms with van der Waals surface area (Å²) in [5.74, 6) is 0.608. The fourth-order valence-electron chi connectivity index (χ4n) is 1.91. The summed E-state index contributed by atoms with van der Waals surface area (Å²) >= 11 is 3.40. The number of hydrogen-bond acceptors (Lipinski definition) is 4. The van der Waals surface area contributed by atoms with Crippen LogP contribution in [0.15, 0.2) is 22.7 Å². The van der Waals surface area contributed by atoms with Crippen molar-refractivity contribution in [2.75, 3.05) is 19.0 Å². The molecule has 0 saturated heterocycles. The Kier molecular flexibility index (Phi) is 4.19. The van der Waals surface area contributed by atoms with E-state index in [1.54, 1.807) is 19.2 Å². The van der Waals surface area contributed by atoms with Crippen molar-refractivity contribution < 1.29 is 9.66 Å². The van der Waals surface area contributed by atoms with Crippen LogP contribution in [0.25, 0.3) is 0 Å². The molecule has 18 heavy (non-hydrogen) atoms. The molecule has 98 valence electrons. The summed E-state index contributed by atoms with van der Waals surface area (Å²) < 4.78 is 6.01. The van der Waals surface area contributed by atoms with Gasteiger partial charge in [0.1, 0.15) is 0 Å². The molecule has 0 radical (unpaired) electrons. The Morgan fingerprint density at radius 2 is 2.33 bits per heavy atom. The van der Waals surface area contributed by atoms with Gasteiger partial charge in [0.2, 0.25) is 0 Å². The van der Waals surface area contributed by atoms with E-state index in [1.165, 1.54) is 18.9 Å². The van der Waals surface area contributed by atoms with Crippen LogP contribution in [-0.2, 0) is 4.74 Å². The van der Waals surface area contributed by atoms with Gasteiger partial charge in [-0.3, -0.25) is 10.1 Å². The van der Waals surface area contributed by atoms with Crippen molar-refractivity contribution in [3.63, 3.8) is 0 Å². The van der Waals surface area contributed by atoms with Crippen molar-refractivity contribution in [1.29, 1.82) is 0 Å². The highest BCUT2D eigenvalue weighted by atomic mass is 79.9. The number of nitrogens with zero attached hydrogens (tertiary/aromatic N) is 1. The van der Waals surface area contributed by atoms with Crippen LogP contribution in [0.1, 0.15) is 12.8 Å². The van der Waals surface area contributed by atoms with Crippen LogP contribution in [0, 0.1) is 16.0 Å². The SMILES string of the molecule is COCC(Nc1cc([N+](=O)[O-])ccc1Br)C1CC1. The second-order valence-electron chi connectivity index (χ2n) is 4.46. The molecule has 0 heterocycles. The summed E-state index contributed by atoms with van der Waals surface area (Å²) in [4.78, 5) is 10.4. The highest BCUT2D eigenvalue weighted by molar-refractivity contribution is 9.10. The molecule has 0 aliphatic heterocycles. The molecular formula is C12H15BrN2O3. The molecule has 1 aliphatic rings. The van der Waals surface area contributed by atoms with E-state index in [-0.39, 0.29) is 16.7 Å². The first-order chi connectivity index (χ1) is 8.61. The monoisotopic (exact) mass is 314 g/mol. The fraction of sp³-hybridized carbons (Fsp3) is 0.500. The van der Waals surface area contributed by atoms with Gasteiger partial charge >= 0.3 is 0 Å². The first-order valence-corrected chi connectivity index (χ1v) is 6.60. The molecule has 1 unspecified atom stereocenters. The first-order valence-electron chi connectivity index (χ1n) is 5.81. The molecule has 0 spiro atoms. The number of nitro benzene ring substituents is 1. The van der Waals surface area contributed by atoms with E-state index in [9.17, 15) is 10.1 Å². The molecule has 0 bridgehead atoms. The molecule has 1 N–H and O–H groups in total. The smallest absolute Gasteiger partial charge is 0.271 e. The van der Waals surface area contributed by atoms with Crippen LogP contribution < -0.4 is 5.32 Å². The molecule has 0 amide bonds. The average molecular weight is 315 g/mol. The normalized spacial score (nSPS) is 16.3. The number of halogens is 1. The van der Waals surface area contributed by atoms with Gasteiger partial charge in [0.05, 0.1) is 23.3 Å². The van der Waals surface area contributed by atoms with E-state index in [1.807, 2.05) is 0 Å². The number of methoxy groups -OCH3 is 1. The van der Waals surface area contributed by atoms with Gasteiger partial charge in [-0.2, -0.15) is 0 Å². The number of non-ortho nitro benzene ring substituents is 1. The van der Waals surface area contributed by atoms with Crippen LogP contribution in [0.5, 0.6) is 0 Å². The number of benzene rings is 1. The maximum absolute atomic E-state index is 10.8. The molecule has 1 aliphatic carbocycles. The molecule has 1 fully saturated rings. The van der Waals surface area contributed by atoms with Gasteiger partial charge in [-0.25, -0.2) is 0 Å². The third-order valence-electron chi connectivity index (χ3n) is 3.04. The van der Waals surface area contributed by atoms with Crippen LogP contribution in [0.3, 0.4) is 0 Å². The quantitative estimate of drug-likeness (QED) is 0.647. The van der Waals surface area contributed by atoms with Crippen LogP contribution in [0.2, 0.25) is 0 Å². The van der Waals surface area contributed by atoms with Gasteiger partial charge in [-0.05, 0) is 40.8 Å². The van der Waals surface area contributed by atoms with Gasteiger partial charge in [0, 0.05) is 23.7 Å². The Hall–Kier alpha value is -1.14. The van der Waals surface area contributed by atoms with Gasteiger partial charge < -0.3 is 10.1 Å². The lowest BCUT2D eigenvalue weighted by Gasteiger charge is -2.19. The third kappa shape index (κ3) is 3.20. The van der Waals surface area contributed by atoms with Crippen LogP contribution >= 0.6 is 15.9 Å². The zero-order valence-corrected chi connectivity index (χ0v) is 11.6. The van der Waals surface area contributed by atoms with E-state index >= 15 is 0 Å². The molecule has 1 saturated carbocycles. The van der Waals surface area contributed by atoms with Gasteiger partial charge in [0.25, 0.3) is 5.69 Å². The molecule has 1 atom stereocenters. The van der Waals surface area contributed by atoms with E-state index < -0.39 is 0 Å². The zero-order valence-electron chi connectivity index (χ0n) is 10.1. The molecule has 5 nitrogen and oxygen atoms in total. The summed E-state index contributed by atoms with van der Waals surface area (Å²) in [6.07, 6.45) is 2.38. The van der Waals surface area contributed by atoms with E-state index in [0.29, 0.717) is 12.5 Å². The Bertz CT molecular complexity index is 449. The van der Waals surface area contributed by atoms with Crippen LogP contribution in [0.4, 0.5) is 11.4 Å². The Morgan fingerprint density at radius 1 is 1.61 bits per heavy atom. The lowest BCUT2D eigenvalue weighted by molar-refractivity contribution is -0.384. The van der Waals surface area contributed by atoms with Crippen molar-refractivity contribution >= 4 is 27.3 Å². The Labute approximate surface area is 114 Å². The summed E-state index contributed by atoms with van der Waals surface area (Å²) in [6, 6.07) is 4.94. The molecule has 1 aromatic carbocycles. The maximum Gasteiger partial charge on any atom is 0.271 e. The second-order valence-corrected chi connectivity index (χ2v) is 5.32. The third-order valence-corrected chi connectivity index (χ3v) is 3.73. The van der Waals surface area contributed by atoms with Crippen molar-refractivity contribution in [3.8, 4) is 0 Å². The van der Waals surface area contributed by atoms with E-state index in [4.69, 9.17) is 4.74 Å². The van der Waals surface area contributed by atoms with Gasteiger partial charge in [-0.1, -0.05) is 0 Å². The maximum atomic E-state index is 10.8. The first kappa shape index (κ1) is 13.3. The van der Waals surface area contributed by atoms with Crippen LogP contribution in [-0.4, -0.2) is 24.7 Å². The second kappa shape index (κ2) is 5.67. The van der Waals surface area contributed by atoms with Gasteiger partial charge in [0.15, 0.2) is 0 Å². The summed E-state index contributed by atoms with van der Waals surface area (Å²) in [5.41, 5.74) is 0.839. The molecule has 2 rings (SSSR count). The molecule has 0 aromatic heterocycles. The lowest BCUT2D eigenvalue weighted by Crippen LogP contribution is -2.27. The number of ether oxygens (including phenoxy) is 1. The number of nitro groups is 1.